The molecule has 1 atom stereocenters. The lowest BCUT2D eigenvalue weighted by Gasteiger charge is -2.19. The topological polar surface area (TPSA) is 81.1 Å². The molecule has 1 aromatic carbocycles. The number of primary amides is 1. The maximum atomic E-state index is 13.5. The van der Waals surface area contributed by atoms with Crippen molar-refractivity contribution < 1.29 is 9.18 Å². The fraction of sp³-hybridized carbons (Fsp3) is 0.462. The molecule has 4 nitrogen and oxygen atoms in total. The summed E-state index contributed by atoms with van der Waals surface area (Å²) in [6.07, 6.45) is 2.96. The highest BCUT2D eigenvalue weighted by molar-refractivity contribution is 5.98. The molecule has 1 amide bonds. The Kier molecular flexibility index (Phi) is 5.58. The minimum Gasteiger partial charge on any atom is -0.380 e. The number of rotatable bonds is 7. The molecular weight excluding hydrogens is 233 g/mol. The molecule has 0 radical (unpaired) electrons. The van der Waals surface area contributed by atoms with Crippen molar-refractivity contribution in [1.29, 1.82) is 0 Å². The largest absolute Gasteiger partial charge is 0.380 e. The van der Waals surface area contributed by atoms with Crippen molar-refractivity contribution in [3.8, 4) is 0 Å². The number of carbonyl (C=O) groups excluding carboxylic acids is 1. The highest BCUT2D eigenvalue weighted by Crippen LogP contribution is 2.20. The van der Waals surface area contributed by atoms with Gasteiger partial charge in [-0.25, -0.2) is 4.39 Å². The third kappa shape index (κ3) is 3.70. The maximum Gasteiger partial charge on any atom is 0.253 e. The average Bonchev–Trinajstić information content (AvgIpc) is 2.33. The summed E-state index contributed by atoms with van der Waals surface area (Å²) in [6.45, 7) is 2.51. The van der Waals surface area contributed by atoms with Crippen molar-refractivity contribution in [3.63, 3.8) is 0 Å². The van der Waals surface area contributed by atoms with Gasteiger partial charge in [0.1, 0.15) is 5.82 Å². The predicted molar refractivity (Wildman–Crippen MR) is 70.9 cm³/mol. The molecule has 1 rings (SSSR count). The molecule has 100 valence electrons. The number of halogens is 1. The summed E-state index contributed by atoms with van der Waals surface area (Å²) in [6, 6.07) is 4.41. The van der Waals surface area contributed by atoms with Gasteiger partial charge in [-0.1, -0.05) is 25.8 Å². The van der Waals surface area contributed by atoms with Crippen molar-refractivity contribution in [1.82, 2.24) is 0 Å². The van der Waals surface area contributed by atoms with Crippen LogP contribution in [0.25, 0.3) is 0 Å². The molecule has 0 saturated carbocycles. The van der Waals surface area contributed by atoms with Crippen molar-refractivity contribution >= 4 is 11.6 Å². The number of unbranched alkanes of at least 4 members (excludes halogenated alkanes) is 1. The van der Waals surface area contributed by atoms with Crippen LogP contribution in [0.1, 0.15) is 36.5 Å². The quantitative estimate of drug-likeness (QED) is 0.693. The van der Waals surface area contributed by atoms with Gasteiger partial charge < -0.3 is 16.8 Å². The molecule has 5 heteroatoms. The van der Waals surface area contributed by atoms with Gasteiger partial charge >= 0.3 is 0 Å². The molecule has 1 unspecified atom stereocenters. The van der Waals surface area contributed by atoms with Crippen LogP contribution in [-0.4, -0.2) is 18.5 Å². The number of hydrogen-bond donors (Lipinski definition) is 3. The smallest absolute Gasteiger partial charge is 0.253 e. The number of nitrogens with two attached hydrogens (primary N) is 2. The van der Waals surface area contributed by atoms with Gasteiger partial charge in [-0.15, -0.1) is 0 Å². The standard InChI is InChI=1S/C13H20FN3O/c1-2-3-5-9(8-15)17-11-7-4-6-10(14)12(11)13(16)18/h4,6-7,9,17H,2-3,5,8,15H2,1H3,(H2,16,18). The van der Waals surface area contributed by atoms with E-state index in [0.29, 0.717) is 12.2 Å². The molecule has 0 bridgehead atoms. The number of benzene rings is 1. The van der Waals surface area contributed by atoms with Gasteiger partial charge in [0.05, 0.1) is 11.3 Å². The predicted octanol–water partition coefficient (Wildman–Crippen LogP) is 1.85. The van der Waals surface area contributed by atoms with Crippen LogP contribution in [0.4, 0.5) is 10.1 Å². The van der Waals surface area contributed by atoms with Crippen LogP contribution in [-0.2, 0) is 0 Å². The first-order chi connectivity index (χ1) is 8.60. The number of anilines is 1. The van der Waals surface area contributed by atoms with Crippen LogP contribution < -0.4 is 16.8 Å². The van der Waals surface area contributed by atoms with Gasteiger partial charge in [-0.05, 0) is 18.6 Å². The highest BCUT2D eigenvalue weighted by atomic mass is 19.1. The highest BCUT2D eigenvalue weighted by Gasteiger charge is 2.16. The zero-order chi connectivity index (χ0) is 13.5. The summed E-state index contributed by atoms with van der Waals surface area (Å²) in [5.41, 5.74) is 11.1. The molecule has 0 fully saturated rings. The second kappa shape index (κ2) is 6.96. The van der Waals surface area contributed by atoms with Crippen LogP contribution in [0.5, 0.6) is 0 Å². The number of nitrogens with one attached hydrogen (secondary N) is 1. The third-order valence-corrected chi connectivity index (χ3v) is 2.81. The molecular formula is C13H20FN3O. The van der Waals surface area contributed by atoms with E-state index in [1.807, 2.05) is 0 Å². The molecule has 0 aliphatic carbocycles. The van der Waals surface area contributed by atoms with Gasteiger partial charge in [0, 0.05) is 12.6 Å². The Bertz CT molecular complexity index is 409. The first-order valence-corrected chi connectivity index (χ1v) is 6.15. The summed E-state index contributed by atoms with van der Waals surface area (Å²) in [7, 11) is 0. The lowest BCUT2D eigenvalue weighted by atomic mass is 10.1. The first kappa shape index (κ1) is 14.4. The van der Waals surface area contributed by atoms with Crippen molar-refractivity contribution in [3.05, 3.63) is 29.6 Å². The van der Waals surface area contributed by atoms with Crippen molar-refractivity contribution in [2.45, 2.75) is 32.2 Å². The molecule has 0 aromatic heterocycles. The Morgan fingerprint density at radius 1 is 1.50 bits per heavy atom. The minimum atomic E-state index is -0.776. The molecule has 0 saturated heterocycles. The Morgan fingerprint density at radius 2 is 2.22 bits per heavy atom. The summed E-state index contributed by atoms with van der Waals surface area (Å²) in [5.74, 6) is -1.39. The zero-order valence-corrected chi connectivity index (χ0v) is 10.6. The Labute approximate surface area is 107 Å². The van der Waals surface area contributed by atoms with Crippen LogP contribution in [0, 0.1) is 5.82 Å². The van der Waals surface area contributed by atoms with Crippen molar-refractivity contribution in [2.75, 3.05) is 11.9 Å². The molecule has 1 aromatic rings. The number of hydrogen-bond acceptors (Lipinski definition) is 3. The van der Waals surface area contributed by atoms with E-state index in [4.69, 9.17) is 11.5 Å². The fourth-order valence-corrected chi connectivity index (χ4v) is 1.81. The van der Waals surface area contributed by atoms with Crippen LogP contribution in [0.3, 0.4) is 0 Å². The van der Waals surface area contributed by atoms with Gasteiger partial charge in [-0.3, -0.25) is 4.79 Å². The van der Waals surface area contributed by atoms with E-state index in [1.165, 1.54) is 12.1 Å². The van der Waals surface area contributed by atoms with E-state index < -0.39 is 11.7 Å². The summed E-state index contributed by atoms with van der Waals surface area (Å²) in [4.78, 5) is 11.2. The fourth-order valence-electron chi connectivity index (χ4n) is 1.81. The summed E-state index contributed by atoms with van der Waals surface area (Å²) < 4.78 is 13.5. The van der Waals surface area contributed by atoms with Crippen LogP contribution in [0.2, 0.25) is 0 Å². The van der Waals surface area contributed by atoms with E-state index in [2.05, 4.69) is 12.2 Å². The molecule has 0 aliphatic rings. The normalized spacial score (nSPS) is 12.2. The van der Waals surface area contributed by atoms with E-state index in [9.17, 15) is 9.18 Å². The number of carbonyl (C=O) groups is 1. The van der Waals surface area contributed by atoms with Gasteiger partial charge in [-0.2, -0.15) is 0 Å². The lowest BCUT2D eigenvalue weighted by molar-refractivity contribution is 0.0997. The minimum absolute atomic E-state index is 0.0184. The van der Waals surface area contributed by atoms with Crippen LogP contribution >= 0.6 is 0 Å². The van der Waals surface area contributed by atoms with E-state index in [0.717, 1.165) is 19.3 Å². The zero-order valence-electron chi connectivity index (χ0n) is 10.6. The van der Waals surface area contributed by atoms with Gasteiger partial charge in [0.15, 0.2) is 0 Å². The molecule has 18 heavy (non-hydrogen) atoms. The second-order valence-corrected chi connectivity index (χ2v) is 4.25. The molecule has 5 N–H and O–H groups in total. The molecule has 0 spiro atoms. The average molecular weight is 253 g/mol. The van der Waals surface area contributed by atoms with E-state index in [-0.39, 0.29) is 11.6 Å². The van der Waals surface area contributed by atoms with E-state index in [1.54, 1.807) is 6.07 Å². The SMILES string of the molecule is CCCCC(CN)Nc1cccc(F)c1C(N)=O. The Morgan fingerprint density at radius 3 is 2.78 bits per heavy atom. The van der Waals surface area contributed by atoms with E-state index >= 15 is 0 Å². The maximum absolute atomic E-state index is 13.5. The second-order valence-electron chi connectivity index (χ2n) is 4.25. The summed E-state index contributed by atoms with van der Waals surface area (Å²) >= 11 is 0. The molecule has 0 aliphatic heterocycles. The Balaban J connectivity index is 2.88. The van der Waals surface area contributed by atoms with Gasteiger partial charge in [0.2, 0.25) is 0 Å². The van der Waals surface area contributed by atoms with Gasteiger partial charge in [0.25, 0.3) is 5.91 Å². The molecule has 0 heterocycles. The van der Waals surface area contributed by atoms with Crippen molar-refractivity contribution in [2.24, 2.45) is 11.5 Å². The van der Waals surface area contributed by atoms with Crippen LogP contribution in [0.15, 0.2) is 18.2 Å². The third-order valence-electron chi connectivity index (χ3n) is 2.81. The monoisotopic (exact) mass is 253 g/mol. The lowest BCUT2D eigenvalue weighted by Crippen LogP contribution is -2.30. The Hall–Kier alpha value is -1.62. The number of amides is 1. The summed E-state index contributed by atoms with van der Waals surface area (Å²) in [5, 5.41) is 3.09. The first-order valence-electron chi connectivity index (χ1n) is 6.15.